The maximum Gasteiger partial charge on any atom is 0.155 e. The molecule has 1 N–H and O–H groups in total. The van der Waals surface area contributed by atoms with E-state index in [1.54, 1.807) is 0 Å². The first-order valence-electron chi connectivity index (χ1n) is 5.93. The van der Waals surface area contributed by atoms with Gasteiger partial charge in [-0.1, -0.05) is 13.8 Å². The highest BCUT2D eigenvalue weighted by atomic mass is 16.1. The summed E-state index contributed by atoms with van der Waals surface area (Å²) in [7, 11) is 0. The van der Waals surface area contributed by atoms with Crippen molar-refractivity contribution < 1.29 is 4.79 Å². The third-order valence-electron chi connectivity index (χ3n) is 3.52. The van der Waals surface area contributed by atoms with E-state index in [-0.39, 0.29) is 11.5 Å². The standard InChI is InChI=1S/C12H23NO/c1-4-10(5-2)11(14)12(3)8-6-7-9-13-12/h10,13H,4-9H2,1-3H3. The fraction of sp³-hybridized carbons (Fsp3) is 0.917. The van der Waals surface area contributed by atoms with E-state index >= 15 is 0 Å². The Balaban J connectivity index is 2.64. The van der Waals surface area contributed by atoms with Crippen molar-refractivity contribution in [2.24, 2.45) is 5.92 Å². The zero-order valence-electron chi connectivity index (χ0n) is 9.73. The molecule has 1 saturated heterocycles. The molecule has 1 fully saturated rings. The largest absolute Gasteiger partial charge is 0.305 e. The molecule has 0 aromatic carbocycles. The number of carbonyl (C=O) groups excluding carboxylic acids is 1. The molecule has 0 radical (unpaired) electrons. The lowest BCUT2D eigenvalue weighted by Gasteiger charge is -2.36. The molecule has 1 aliphatic heterocycles. The van der Waals surface area contributed by atoms with Crippen molar-refractivity contribution in [3.8, 4) is 0 Å². The number of nitrogens with one attached hydrogen (secondary N) is 1. The maximum atomic E-state index is 12.2. The first-order chi connectivity index (χ1) is 6.64. The third kappa shape index (κ3) is 2.35. The van der Waals surface area contributed by atoms with Crippen LogP contribution in [0.2, 0.25) is 0 Å². The van der Waals surface area contributed by atoms with E-state index in [9.17, 15) is 4.79 Å². The van der Waals surface area contributed by atoms with Crippen molar-refractivity contribution in [3.63, 3.8) is 0 Å². The quantitative estimate of drug-likeness (QED) is 0.750. The molecule has 0 spiro atoms. The third-order valence-corrected chi connectivity index (χ3v) is 3.52. The van der Waals surface area contributed by atoms with Gasteiger partial charge in [0, 0.05) is 5.92 Å². The van der Waals surface area contributed by atoms with Gasteiger partial charge in [0.1, 0.15) is 0 Å². The average molecular weight is 197 g/mol. The van der Waals surface area contributed by atoms with E-state index in [0.29, 0.717) is 5.78 Å². The van der Waals surface area contributed by atoms with Crippen LogP contribution in [0.3, 0.4) is 0 Å². The van der Waals surface area contributed by atoms with Crippen LogP contribution in [0.25, 0.3) is 0 Å². The SMILES string of the molecule is CCC(CC)C(=O)C1(C)CCCCN1. The van der Waals surface area contributed by atoms with E-state index in [4.69, 9.17) is 0 Å². The van der Waals surface area contributed by atoms with E-state index in [1.807, 2.05) is 0 Å². The van der Waals surface area contributed by atoms with Crippen LogP contribution >= 0.6 is 0 Å². The summed E-state index contributed by atoms with van der Waals surface area (Å²) in [4.78, 5) is 12.2. The molecule has 1 aliphatic rings. The Kier molecular flexibility index (Phi) is 4.11. The van der Waals surface area contributed by atoms with E-state index in [2.05, 4.69) is 26.1 Å². The predicted octanol–water partition coefficient (Wildman–Crippen LogP) is 2.52. The summed E-state index contributed by atoms with van der Waals surface area (Å²) in [6.45, 7) is 7.30. The second-order valence-corrected chi connectivity index (χ2v) is 4.59. The highest BCUT2D eigenvalue weighted by Gasteiger charge is 2.36. The van der Waals surface area contributed by atoms with Crippen LogP contribution in [0, 0.1) is 5.92 Å². The van der Waals surface area contributed by atoms with Gasteiger partial charge < -0.3 is 5.32 Å². The van der Waals surface area contributed by atoms with Crippen LogP contribution in [0.15, 0.2) is 0 Å². The molecule has 1 rings (SSSR count). The maximum absolute atomic E-state index is 12.2. The van der Waals surface area contributed by atoms with E-state index in [1.165, 1.54) is 12.8 Å². The molecule has 0 aromatic heterocycles. The lowest BCUT2D eigenvalue weighted by Crippen LogP contribution is -2.54. The van der Waals surface area contributed by atoms with Gasteiger partial charge in [-0.3, -0.25) is 4.79 Å². The van der Waals surface area contributed by atoms with Gasteiger partial charge in [0.15, 0.2) is 5.78 Å². The Morgan fingerprint density at radius 3 is 2.43 bits per heavy atom. The van der Waals surface area contributed by atoms with Gasteiger partial charge in [-0.15, -0.1) is 0 Å². The molecule has 14 heavy (non-hydrogen) atoms. The van der Waals surface area contributed by atoms with Crippen molar-refractivity contribution in [2.45, 2.75) is 58.4 Å². The van der Waals surface area contributed by atoms with Crippen LogP contribution in [0.4, 0.5) is 0 Å². The first-order valence-corrected chi connectivity index (χ1v) is 5.93. The fourth-order valence-electron chi connectivity index (χ4n) is 2.38. The van der Waals surface area contributed by atoms with Crippen LogP contribution in [-0.4, -0.2) is 17.9 Å². The topological polar surface area (TPSA) is 29.1 Å². The van der Waals surface area contributed by atoms with Gasteiger partial charge in [-0.25, -0.2) is 0 Å². The Labute approximate surface area is 87.5 Å². The van der Waals surface area contributed by atoms with Gasteiger partial charge in [0.2, 0.25) is 0 Å². The molecule has 0 amide bonds. The van der Waals surface area contributed by atoms with Gasteiger partial charge in [0.25, 0.3) is 0 Å². The molecule has 82 valence electrons. The van der Waals surface area contributed by atoms with E-state index < -0.39 is 0 Å². The summed E-state index contributed by atoms with van der Waals surface area (Å²) in [5.74, 6) is 0.688. The summed E-state index contributed by atoms with van der Waals surface area (Å²) in [6, 6.07) is 0. The smallest absolute Gasteiger partial charge is 0.155 e. The van der Waals surface area contributed by atoms with Gasteiger partial charge in [-0.05, 0) is 45.6 Å². The molecule has 2 heteroatoms. The molecule has 1 atom stereocenters. The van der Waals surface area contributed by atoms with Crippen molar-refractivity contribution >= 4 is 5.78 Å². The number of ketones is 1. The number of Topliss-reactive ketones (excluding diaryl/α,β-unsaturated/α-hetero) is 1. The molecule has 1 unspecified atom stereocenters. The van der Waals surface area contributed by atoms with Crippen molar-refractivity contribution in [1.29, 1.82) is 0 Å². The first kappa shape index (κ1) is 11.7. The van der Waals surface area contributed by atoms with E-state index in [0.717, 1.165) is 25.8 Å². The Bertz CT molecular complexity index is 190. The monoisotopic (exact) mass is 197 g/mol. The molecule has 1 heterocycles. The van der Waals surface area contributed by atoms with Crippen LogP contribution < -0.4 is 5.32 Å². The summed E-state index contributed by atoms with van der Waals surface area (Å²) in [5.41, 5.74) is -0.227. The van der Waals surface area contributed by atoms with Gasteiger partial charge >= 0.3 is 0 Å². The minimum absolute atomic E-state index is 0.227. The van der Waals surface area contributed by atoms with Gasteiger partial charge in [0.05, 0.1) is 5.54 Å². The molecular formula is C12H23NO. The summed E-state index contributed by atoms with van der Waals surface area (Å²) in [5, 5.41) is 3.39. The van der Waals surface area contributed by atoms with Crippen LogP contribution in [-0.2, 0) is 4.79 Å². The highest BCUT2D eigenvalue weighted by Crippen LogP contribution is 2.25. The molecule has 0 aromatic rings. The predicted molar refractivity (Wildman–Crippen MR) is 59.3 cm³/mol. The van der Waals surface area contributed by atoms with Crippen molar-refractivity contribution in [1.82, 2.24) is 5.32 Å². The highest BCUT2D eigenvalue weighted by molar-refractivity contribution is 5.90. The number of hydrogen-bond donors (Lipinski definition) is 1. The molecular weight excluding hydrogens is 174 g/mol. The minimum Gasteiger partial charge on any atom is -0.305 e. The molecule has 0 aliphatic carbocycles. The number of hydrogen-bond acceptors (Lipinski definition) is 2. The Morgan fingerprint density at radius 2 is 2.00 bits per heavy atom. The van der Waals surface area contributed by atoms with Crippen LogP contribution in [0.5, 0.6) is 0 Å². The Morgan fingerprint density at radius 1 is 1.36 bits per heavy atom. The normalized spacial score (nSPS) is 28.0. The number of carbonyl (C=O) groups is 1. The molecule has 2 nitrogen and oxygen atoms in total. The average Bonchev–Trinajstić information content (AvgIpc) is 2.20. The van der Waals surface area contributed by atoms with Gasteiger partial charge in [-0.2, -0.15) is 0 Å². The Hall–Kier alpha value is -0.370. The molecule has 0 saturated carbocycles. The minimum atomic E-state index is -0.227. The zero-order valence-corrected chi connectivity index (χ0v) is 9.73. The van der Waals surface area contributed by atoms with Crippen molar-refractivity contribution in [3.05, 3.63) is 0 Å². The zero-order chi connectivity index (χ0) is 10.6. The summed E-state index contributed by atoms with van der Waals surface area (Å²) in [6.07, 6.45) is 5.38. The lowest BCUT2D eigenvalue weighted by atomic mass is 9.79. The van der Waals surface area contributed by atoms with Crippen LogP contribution in [0.1, 0.15) is 52.9 Å². The second kappa shape index (κ2) is 4.92. The summed E-state index contributed by atoms with van der Waals surface area (Å²) < 4.78 is 0. The number of rotatable bonds is 4. The molecule has 0 bridgehead atoms. The summed E-state index contributed by atoms with van der Waals surface area (Å²) >= 11 is 0. The second-order valence-electron chi connectivity index (χ2n) is 4.59. The fourth-order valence-corrected chi connectivity index (χ4v) is 2.38. The van der Waals surface area contributed by atoms with Crippen molar-refractivity contribution in [2.75, 3.05) is 6.54 Å². The lowest BCUT2D eigenvalue weighted by molar-refractivity contribution is -0.130. The number of piperidine rings is 1.